The molecule has 0 fully saturated rings. The number of fused-ring (bicyclic) bond motifs is 3. The molecule has 2 aromatic rings. The summed E-state index contributed by atoms with van der Waals surface area (Å²) in [6.45, 7) is 6.61. The molecule has 2 atom stereocenters. The molecule has 11 nitrogen and oxygen atoms in total. The van der Waals surface area contributed by atoms with Crippen LogP contribution in [-0.4, -0.2) is 68.4 Å². The number of hydrogen-bond acceptors (Lipinski definition) is 9. The summed E-state index contributed by atoms with van der Waals surface area (Å²) in [6, 6.07) is 13.7. The Morgan fingerprint density at radius 2 is 1.10 bits per heavy atom. The summed E-state index contributed by atoms with van der Waals surface area (Å²) >= 11 is 0. The molecule has 0 aliphatic heterocycles. The Morgan fingerprint density at radius 1 is 0.625 bits per heavy atom. The Labute approximate surface area is 283 Å². The number of esters is 3. The first-order valence-electron chi connectivity index (χ1n) is 17.2. The lowest BCUT2D eigenvalue weighted by molar-refractivity contribution is -0.150. The molecular weight excluding hydrogens is 616 g/mol. The Bertz CT molecular complexity index is 1320. The second kappa shape index (κ2) is 20.7. The highest BCUT2D eigenvalue weighted by Crippen LogP contribution is 2.44. The summed E-state index contributed by atoms with van der Waals surface area (Å²) in [5, 5.41) is 5.21. The first kappa shape index (κ1) is 38.0. The van der Waals surface area contributed by atoms with Crippen LogP contribution in [0.15, 0.2) is 48.5 Å². The molecule has 11 heteroatoms. The molecule has 2 amide bonds. The molecule has 0 bridgehead atoms. The van der Waals surface area contributed by atoms with E-state index < -0.39 is 42.0 Å². The third-order valence-corrected chi connectivity index (χ3v) is 8.08. The number of ether oxygens (including phenoxy) is 4. The molecule has 262 valence electrons. The van der Waals surface area contributed by atoms with Gasteiger partial charge in [-0.2, -0.15) is 0 Å². The maximum absolute atomic E-state index is 13.0. The Morgan fingerprint density at radius 3 is 1.65 bits per heavy atom. The van der Waals surface area contributed by atoms with E-state index in [-0.39, 0.29) is 51.4 Å². The molecule has 0 saturated carbocycles. The van der Waals surface area contributed by atoms with Gasteiger partial charge in [0.1, 0.15) is 18.7 Å². The standard InChI is InChI=1S/C37H50N2O9/c1-4-7-22-45-34(41)21-19-31(35(42)46-23-8-5-2)38-33(40)20-18-32(36(43)47-24-9-6-3)39-37(44)48-25-30-28-16-12-10-14-26(28)27-15-11-13-17-29(27)30/h10-17,30-32H,4-9,18-25H2,1-3H3,(H,38,40)(H,39,44). The second-order valence-electron chi connectivity index (χ2n) is 11.8. The third-order valence-electron chi connectivity index (χ3n) is 8.08. The maximum atomic E-state index is 13.0. The van der Waals surface area contributed by atoms with E-state index in [0.717, 1.165) is 47.9 Å². The van der Waals surface area contributed by atoms with E-state index in [9.17, 15) is 24.0 Å². The molecule has 0 saturated heterocycles. The van der Waals surface area contributed by atoms with Crippen molar-refractivity contribution < 1.29 is 42.9 Å². The molecule has 0 spiro atoms. The first-order valence-corrected chi connectivity index (χ1v) is 17.2. The average molecular weight is 667 g/mol. The average Bonchev–Trinajstić information content (AvgIpc) is 3.41. The molecule has 1 aliphatic carbocycles. The molecule has 2 N–H and O–H groups in total. The fourth-order valence-corrected chi connectivity index (χ4v) is 5.32. The summed E-state index contributed by atoms with van der Waals surface area (Å²) in [4.78, 5) is 63.9. The van der Waals surface area contributed by atoms with E-state index in [1.807, 2.05) is 69.3 Å². The van der Waals surface area contributed by atoms with Gasteiger partial charge in [-0.25, -0.2) is 14.4 Å². The number of unbranched alkanes of at least 4 members (excludes halogenated alkanes) is 3. The van der Waals surface area contributed by atoms with Crippen LogP contribution in [0, 0.1) is 0 Å². The number of benzene rings is 2. The van der Waals surface area contributed by atoms with Gasteiger partial charge in [0.2, 0.25) is 5.91 Å². The van der Waals surface area contributed by atoms with Crippen molar-refractivity contribution >= 4 is 29.9 Å². The second-order valence-corrected chi connectivity index (χ2v) is 11.8. The van der Waals surface area contributed by atoms with Crippen molar-refractivity contribution in [3.8, 4) is 11.1 Å². The predicted molar refractivity (Wildman–Crippen MR) is 180 cm³/mol. The molecular formula is C37H50N2O9. The quantitative estimate of drug-likeness (QED) is 0.0935. The summed E-state index contributed by atoms with van der Waals surface area (Å²) < 4.78 is 21.5. The first-order chi connectivity index (χ1) is 23.3. The topological polar surface area (TPSA) is 146 Å². The highest BCUT2D eigenvalue weighted by molar-refractivity contribution is 5.86. The number of amides is 2. The van der Waals surface area contributed by atoms with Crippen LogP contribution in [0.5, 0.6) is 0 Å². The number of nitrogens with one attached hydrogen (secondary N) is 2. The SMILES string of the molecule is CCCCOC(=O)CCC(NC(=O)CCC(NC(=O)OCC1c2ccccc2-c2ccccc21)C(=O)OCCCC)C(=O)OCCCC. The van der Waals surface area contributed by atoms with Gasteiger partial charge in [-0.15, -0.1) is 0 Å². The monoisotopic (exact) mass is 666 g/mol. The molecule has 1 aliphatic rings. The molecule has 48 heavy (non-hydrogen) atoms. The Hall–Kier alpha value is -4.41. The van der Waals surface area contributed by atoms with E-state index in [1.54, 1.807) is 0 Å². The fourth-order valence-electron chi connectivity index (χ4n) is 5.32. The van der Waals surface area contributed by atoms with Gasteiger partial charge in [-0.05, 0) is 54.4 Å². The summed E-state index contributed by atoms with van der Waals surface area (Å²) in [7, 11) is 0. The molecule has 3 rings (SSSR count). The van der Waals surface area contributed by atoms with Gasteiger partial charge in [0.25, 0.3) is 0 Å². The summed E-state index contributed by atoms with van der Waals surface area (Å²) in [5.41, 5.74) is 4.28. The van der Waals surface area contributed by atoms with Crippen molar-refractivity contribution in [3.63, 3.8) is 0 Å². The van der Waals surface area contributed by atoms with Crippen LogP contribution in [0.4, 0.5) is 4.79 Å². The number of hydrogen-bond donors (Lipinski definition) is 2. The minimum atomic E-state index is -1.16. The van der Waals surface area contributed by atoms with E-state index in [1.165, 1.54) is 0 Å². The van der Waals surface area contributed by atoms with Crippen molar-refractivity contribution in [3.05, 3.63) is 59.7 Å². The lowest BCUT2D eigenvalue weighted by atomic mass is 9.98. The van der Waals surface area contributed by atoms with Gasteiger partial charge in [-0.3, -0.25) is 9.59 Å². The highest BCUT2D eigenvalue weighted by atomic mass is 16.6. The number of carbonyl (C=O) groups excluding carboxylic acids is 5. The van der Waals surface area contributed by atoms with Crippen molar-refractivity contribution in [1.29, 1.82) is 0 Å². The zero-order valence-corrected chi connectivity index (χ0v) is 28.4. The van der Waals surface area contributed by atoms with Gasteiger partial charge >= 0.3 is 24.0 Å². The molecule has 0 radical (unpaired) electrons. The van der Waals surface area contributed by atoms with Crippen molar-refractivity contribution in [2.45, 2.75) is 103 Å². The van der Waals surface area contributed by atoms with Crippen LogP contribution >= 0.6 is 0 Å². The van der Waals surface area contributed by atoms with Gasteiger partial charge in [0, 0.05) is 18.8 Å². The third kappa shape index (κ3) is 12.0. The van der Waals surface area contributed by atoms with Gasteiger partial charge < -0.3 is 29.6 Å². The van der Waals surface area contributed by atoms with Crippen LogP contribution in [0.25, 0.3) is 11.1 Å². The van der Waals surface area contributed by atoms with Crippen LogP contribution in [0.3, 0.4) is 0 Å². The molecule has 2 aromatic carbocycles. The number of carbonyl (C=O) groups is 5. The van der Waals surface area contributed by atoms with Crippen LogP contribution in [-0.2, 0) is 38.1 Å². The maximum Gasteiger partial charge on any atom is 0.407 e. The zero-order chi connectivity index (χ0) is 34.7. The minimum Gasteiger partial charge on any atom is -0.466 e. The van der Waals surface area contributed by atoms with Crippen molar-refractivity contribution in [1.82, 2.24) is 10.6 Å². The minimum absolute atomic E-state index is 0.00213. The lowest BCUT2D eigenvalue weighted by Crippen LogP contribution is -2.45. The number of alkyl carbamates (subject to hydrolysis) is 1. The highest BCUT2D eigenvalue weighted by Gasteiger charge is 2.31. The van der Waals surface area contributed by atoms with E-state index in [2.05, 4.69) is 10.6 Å². The summed E-state index contributed by atoms with van der Waals surface area (Å²) in [6.07, 6.45) is 3.35. The summed E-state index contributed by atoms with van der Waals surface area (Å²) in [5.74, 6) is -2.51. The fraction of sp³-hybridized carbons (Fsp3) is 0.541. The molecule has 2 unspecified atom stereocenters. The normalized spacial score (nSPS) is 13.0. The Kier molecular flexibility index (Phi) is 16.4. The molecule has 0 aromatic heterocycles. The lowest BCUT2D eigenvalue weighted by Gasteiger charge is -2.20. The van der Waals surface area contributed by atoms with Crippen molar-refractivity contribution in [2.75, 3.05) is 26.4 Å². The van der Waals surface area contributed by atoms with E-state index in [0.29, 0.717) is 19.4 Å². The van der Waals surface area contributed by atoms with Crippen LogP contribution < -0.4 is 10.6 Å². The van der Waals surface area contributed by atoms with Gasteiger partial charge in [0.05, 0.1) is 19.8 Å². The smallest absolute Gasteiger partial charge is 0.407 e. The van der Waals surface area contributed by atoms with Crippen LogP contribution in [0.1, 0.15) is 102 Å². The van der Waals surface area contributed by atoms with E-state index in [4.69, 9.17) is 18.9 Å². The van der Waals surface area contributed by atoms with Gasteiger partial charge in [-0.1, -0.05) is 88.6 Å². The Balaban J connectivity index is 1.60. The predicted octanol–water partition coefficient (Wildman–Crippen LogP) is 5.97. The van der Waals surface area contributed by atoms with Crippen LogP contribution in [0.2, 0.25) is 0 Å². The van der Waals surface area contributed by atoms with Crippen molar-refractivity contribution in [2.24, 2.45) is 0 Å². The van der Waals surface area contributed by atoms with Gasteiger partial charge in [0.15, 0.2) is 0 Å². The number of rotatable bonds is 21. The van der Waals surface area contributed by atoms with E-state index >= 15 is 0 Å². The molecule has 0 heterocycles. The largest absolute Gasteiger partial charge is 0.466 e. The zero-order valence-electron chi connectivity index (χ0n) is 28.4.